The molecule has 4 nitrogen and oxygen atoms in total. The molecule has 114 valence electrons. The van der Waals surface area contributed by atoms with Crippen LogP contribution in [0.25, 0.3) is 0 Å². The highest BCUT2D eigenvalue weighted by Gasteiger charge is 2.41. The molecule has 1 saturated heterocycles. The van der Waals surface area contributed by atoms with Crippen LogP contribution >= 0.6 is 0 Å². The first-order valence-corrected chi connectivity index (χ1v) is 7.39. The van der Waals surface area contributed by atoms with Crippen LogP contribution in [0.1, 0.15) is 12.5 Å². The summed E-state index contributed by atoms with van der Waals surface area (Å²) in [5.74, 6) is -0.603. The van der Waals surface area contributed by atoms with E-state index in [4.69, 9.17) is 9.47 Å². The zero-order chi connectivity index (χ0) is 15.5. The summed E-state index contributed by atoms with van der Waals surface area (Å²) in [7, 11) is 0. The average molecular weight is 298 g/mol. The van der Waals surface area contributed by atoms with Crippen molar-refractivity contribution in [1.82, 2.24) is 0 Å². The van der Waals surface area contributed by atoms with Gasteiger partial charge in [-0.2, -0.15) is 0 Å². The first kappa shape index (κ1) is 14.7. The summed E-state index contributed by atoms with van der Waals surface area (Å²) in [6, 6.07) is 10.1. The van der Waals surface area contributed by atoms with E-state index in [0.29, 0.717) is 5.57 Å². The first-order chi connectivity index (χ1) is 10.6. The second-order valence-corrected chi connectivity index (χ2v) is 5.60. The van der Waals surface area contributed by atoms with Crippen molar-refractivity contribution in [1.29, 1.82) is 0 Å². The summed E-state index contributed by atoms with van der Waals surface area (Å²) >= 11 is 0. The van der Waals surface area contributed by atoms with Crippen molar-refractivity contribution in [3.8, 4) is 0 Å². The lowest BCUT2D eigenvalue weighted by Gasteiger charge is -2.37. The lowest BCUT2D eigenvalue weighted by molar-refractivity contribution is -0.196. The van der Waals surface area contributed by atoms with Gasteiger partial charge in [-0.15, -0.1) is 0 Å². The topological polar surface area (TPSA) is 52.6 Å². The quantitative estimate of drug-likeness (QED) is 0.804. The average Bonchev–Trinajstić information content (AvgIpc) is 2.51. The molecular formula is C18H18O4. The van der Waals surface area contributed by atoms with Crippen LogP contribution in [0, 0.1) is 11.8 Å². The molecule has 0 aromatic heterocycles. The fourth-order valence-corrected chi connectivity index (χ4v) is 3.09. The Morgan fingerprint density at radius 2 is 2.09 bits per heavy atom. The molecule has 0 bridgehead atoms. The van der Waals surface area contributed by atoms with Crippen LogP contribution in [0.2, 0.25) is 0 Å². The molecule has 22 heavy (non-hydrogen) atoms. The van der Waals surface area contributed by atoms with Gasteiger partial charge < -0.3 is 9.47 Å². The van der Waals surface area contributed by atoms with Crippen molar-refractivity contribution in [3.63, 3.8) is 0 Å². The lowest BCUT2D eigenvalue weighted by atomic mass is 9.76. The standard InChI is InChI=1S/C18H18O4/c1-12(19)22-18-17-14(10-13-6-3-2-4-7-13)8-5-9-15(17)16(20)11-21-18/h2-9,14,17-18H,10-11H2,1H3/t14-,17+,18-/m0/s1. The van der Waals surface area contributed by atoms with E-state index < -0.39 is 12.3 Å². The second-order valence-electron chi connectivity index (χ2n) is 5.60. The van der Waals surface area contributed by atoms with Crippen LogP contribution in [0.3, 0.4) is 0 Å². The molecule has 3 atom stereocenters. The minimum atomic E-state index is -0.694. The fourth-order valence-electron chi connectivity index (χ4n) is 3.09. The molecule has 2 aliphatic rings. The number of allylic oxidation sites excluding steroid dienone is 3. The first-order valence-electron chi connectivity index (χ1n) is 7.39. The maximum Gasteiger partial charge on any atom is 0.304 e. The number of carbonyl (C=O) groups is 2. The van der Waals surface area contributed by atoms with Gasteiger partial charge in [-0.25, -0.2) is 0 Å². The second kappa shape index (κ2) is 6.28. The number of ether oxygens (including phenoxy) is 2. The smallest absolute Gasteiger partial charge is 0.304 e. The predicted molar refractivity (Wildman–Crippen MR) is 80.9 cm³/mol. The summed E-state index contributed by atoms with van der Waals surface area (Å²) in [5.41, 5.74) is 1.87. The molecule has 0 amide bonds. The highest BCUT2D eigenvalue weighted by Crippen LogP contribution is 2.37. The van der Waals surface area contributed by atoms with Crippen LogP contribution in [-0.2, 0) is 25.5 Å². The van der Waals surface area contributed by atoms with E-state index in [1.807, 2.05) is 30.4 Å². The van der Waals surface area contributed by atoms with Crippen LogP contribution in [0.4, 0.5) is 0 Å². The number of esters is 1. The van der Waals surface area contributed by atoms with Gasteiger partial charge in [-0.1, -0.05) is 48.6 Å². The van der Waals surface area contributed by atoms with Crippen molar-refractivity contribution >= 4 is 11.8 Å². The van der Waals surface area contributed by atoms with E-state index in [-0.39, 0.29) is 24.2 Å². The Balaban J connectivity index is 1.86. The number of benzene rings is 1. The Bertz CT molecular complexity index is 630. The largest absolute Gasteiger partial charge is 0.435 e. The van der Waals surface area contributed by atoms with E-state index in [1.165, 1.54) is 12.5 Å². The van der Waals surface area contributed by atoms with Crippen molar-refractivity contribution < 1.29 is 19.1 Å². The molecule has 1 aliphatic carbocycles. The third-order valence-electron chi connectivity index (χ3n) is 4.04. The van der Waals surface area contributed by atoms with Gasteiger partial charge in [-0.05, 0) is 17.9 Å². The molecule has 1 aromatic carbocycles. The normalized spacial score (nSPS) is 27.0. The summed E-state index contributed by atoms with van der Waals surface area (Å²) in [4.78, 5) is 23.4. The maximum absolute atomic E-state index is 12.1. The molecule has 0 spiro atoms. The Hall–Kier alpha value is -2.20. The number of ketones is 1. The van der Waals surface area contributed by atoms with Crippen LogP contribution < -0.4 is 0 Å². The predicted octanol–water partition coefficient (Wildman–Crippen LogP) is 2.45. The molecule has 0 radical (unpaired) electrons. The molecule has 1 aliphatic heterocycles. The Morgan fingerprint density at radius 3 is 2.82 bits per heavy atom. The molecule has 4 heteroatoms. The molecule has 3 rings (SSSR count). The third-order valence-corrected chi connectivity index (χ3v) is 4.04. The SMILES string of the molecule is CC(=O)O[C@@H]1OCC(=O)C2=CC=C[C@@H](Cc3ccccc3)[C@H]21. The summed E-state index contributed by atoms with van der Waals surface area (Å²) in [6.07, 6.45) is 5.86. The maximum atomic E-state index is 12.1. The fraction of sp³-hybridized carbons (Fsp3) is 0.333. The van der Waals surface area contributed by atoms with Crippen molar-refractivity contribution in [2.45, 2.75) is 19.6 Å². The van der Waals surface area contributed by atoms with E-state index in [0.717, 1.165) is 6.42 Å². The number of rotatable bonds is 3. The van der Waals surface area contributed by atoms with E-state index in [1.54, 1.807) is 0 Å². The molecule has 0 unspecified atom stereocenters. The Kier molecular flexibility index (Phi) is 4.20. The van der Waals surface area contributed by atoms with Gasteiger partial charge in [0.2, 0.25) is 6.29 Å². The zero-order valence-electron chi connectivity index (χ0n) is 12.4. The Labute approximate surface area is 129 Å². The molecule has 1 fully saturated rings. The highest BCUT2D eigenvalue weighted by molar-refractivity contribution is 5.98. The third kappa shape index (κ3) is 3.02. The van der Waals surface area contributed by atoms with Gasteiger partial charge in [0.1, 0.15) is 6.61 Å². The molecule has 0 saturated carbocycles. The number of hydrogen-bond acceptors (Lipinski definition) is 4. The Morgan fingerprint density at radius 1 is 1.32 bits per heavy atom. The molecule has 1 heterocycles. The van der Waals surface area contributed by atoms with Gasteiger partial charge in [0.05, 0.1) is 5.92 Å². The van der Waals surface area contributed by atoms with Gasteiger partial charge >= 0.3 is 5.97 Å². The summed E-state index contributed by atoms with van der Waals surface area (Å²) < 4.78 is 10.8. The molecule has 1 aromatic rings. The number of Topliss-reactive ketones (excluding diaryl/α,β-unsaturated/α-hetero) is 1. The van der Waals surface area contributed by atoms with Gasteiger partial charge in [-0.3, -0.25) is 9.59 Å². The van der Waals surface area contributed by atoms with Crippen molar-refractivity contribution in [2.24, 2.45) is 11.8 Å². The zero-order valence-corrected chi connectivity index (χ0v) is 12.4. The minimum Gasteiger partial charge on any atom is -0.435 e. The number of hydrogen-bond donors (Lipinski definition) is 0. The van der Waals surface area contributed by atoms with E-state index in [2.05, 4.69) is 18.2 Å². The van der Waals surface area contributed by atoms with E-state index in [9.17, 15) is 9.59 Å². The highest BCUT2D eigenvalue weighted by atomic mass is 16.7. The lowest BCUT2D eigenvalue weighted by Crippen LogP contribution is -2.44. The number of fused-ring (bicyclic) bond motifs is 1. The van der Waals surface area contributed by atoms with Crippen LogP contribution in [0.5, 0.6) is 0 Å². The van der Waals surface area contributed by atoms with Crippen molar-refractivity contribution in [3.05, 3.63) is 59.7 Å². The van der Waals surface area contributed by atoms with Crippen LogP contribution in [0.15, 0.2) is 54.1 Å². The van der Waals surface area contributed by atoms with E-state index >= 15 is 0 Å². The monoisotopic (exact) mass is 298 g/mol. The van der Waals surface area contributed by atoms with Gasteiger partial charge in [0.25, 0.3) is 0 Å². The molecular weight excluding hydrogens is 280 g/mol. The molecule has 0 N–H and O–H groups in total. The van der Waals surface area contributed by atoms with Crippen LogP contribution in [-0.4, -0.2) is 24.6 Å². The minimum absolute atomic E-state index is 0.0317. The van der Waals surface area contributed by atoms with Gasteiger partial charge in [0, 0.05) is 12.5 Å². The summed E-state index contributed by atoms with van der Waals surface area (Å²) in [5, 5.41) is 0. The summed E-state index contributed by atoms with van der Waals surface area (Å²) in [6.45, 7) is 1.32. The van der Waals surface area contributed by atoms with Gasteiger partial charge in [0.15, 0.2) is 5.78 Å². The van der Waals surface area contributed by atoms with Crippen molar-refractivity contribution in [2.75, 3.05) is 6.61 Å². The number of carbonyl (C=O) groups excluding carboxylic acids is 2.